The Morgan fingerprint density at radius 3 is 2.63 bits per heavy atom. The van der Waals surface area contributed by atoms with Crippen molar-refractivity contribution in [2.24, 2.45) is 0 Å². The van der Waals surface area contributed by atoms with Crippen molar-refractivity contribution in [3.8, 4) is 0 Å². The Morgan fingerprint density at radius 1 is 1.07 bits per heavy atom. The number of carbonyl (C=O) groups excluding carboxylic acids is 2. The van der Waals surface area contributed by atoms with E-state index >= 15 is 0 Å². The van der Waals surface area contributed by atoms with E-state index in [9.17, 15) is 9.59 Å². The maximum Gasteiger partial charge on any atom is 0.227 e. The van der Waals surface area contributed by atoms with Gasteiger partial charge in [-0.15, -0.1) is 0 Å². The van der Waals surface area contributed by atoms with Gasteiger partial charge in [-0.25, -0.2) is 0 Å². The third-order valence-electron chi connectivity index (χ3n) is 4.68. The Labute approximate surface area is 159 Å². The van der Waals surface area contributed by atoms with Gasteiger partial charge in [0.2, 0.25) is 11.8 Å². The van der Waals surface area contributed by atoms with Crippen LogP contribution in [0.15, 0.2) is 48.5 Å². The van der Waals surface area contributed by atoms with E-state index in [1.165, 1.54) is 0 Å². The quantitative estimate of drug-likeness (QED) is 0.857. The number of carbonyl (C=O) groups is 2. The molecular formula is C22H24N2O3. The zero-order valence-electron chi connectivity index (χ0n) is 15.4. The van der Waals surface area contributed by atoms with Crippen LogP contribution in [-0.4, -0.2) is 30.1 Å². The number of nitrogens with one attached hydrogen (secondary N) is 1. The van der Waals surface area contributed by atoms with E-state index in [0.717, 1.165) is 28.0 Å². The first-order valence-electron chi connectivity index (χ1n) is 9.13. The SMILES string of the molecule is C/C1=C/c2ccccc2CN(C(=O)CCC(=O)NCCO)c2ccccc21. The summed E-state index contributed by atoms with van der Waals surface area (Å²) in [5, 5.41) is 11.4. The van der Waals surface area contributed by atoms with Crippen molar-refractivity contribution in [2.75, 3.05) is 18.1 Å². The predicted molar refractivity (Wildman–Crippen MR) is 107 cm³/mol. The lowest BCUT2D eigenvalue weighted by Crippen LogP contribution is -2.33. The molecule has 0 atom stereocenters. The van der Waals surface area contributed by atoms with Crippen LogP contribution >= 0.6 is 0 Å². The molecule has 3 rings (SSSR count). The van der Waals surface area contributed by atoms with E-state index in [0.29, 0.717) is 6.54 Å². The second-order valence-corrected chi connectivity index (χ2v) is 6.60. The molecule has 2 aromatic rings. The molecule has 0 saturated heterocycles. The number of benzene rings is 2. The molecule has 0 unspecified atom stereocenters. The Balaban J connectivity index is 1.90. The highest BCUT2D eigenvalue weighted by Gasteiger charge is 2.22. The van der Waals surface area contributed by atoms with Gasteiger partial charge >= 0.3 is 0 Å². The van der Waals surface area contributed by atoms with Gasteiger partial charge in [-0.1, -0.05) is 48.5 Å². The Morgan fingerprint density at radius 2 is 1.81 bits per heavy atom. The van der Waals surface area contributed by atoms with Crippen molar-refractivity contribution in [3.63, 3.8) is 0 Å². The lowest BCUT2D eigenvalue weighted by Gasteiger charge is -2.28. The van der Waals surface area contributed by atoms with Gasteiger partial charge in [0.05, 0.1) is 18.8 Å². The molecule has 5 nitrogen and oxygen atoms in total. The minimum absolute atomic E-state index is 0.0916. The molecule has 0 aromatic heterocycles. The Kier molecular flexibility index (Phi) is 6.04. The summed E-state index contributed by atoms with van der Waals surface area (Å²) in [5.74, 6) is -0.319. The highest BCUT2D eigenvalue weighted by molar-refractivity contribution is 6.00. The fourth-order valence-corrected chi connectivity index (χ4v) is 3.29. The van der Waals surface area contributed by atoms with Crippen molar-refractivity contribution >= 4 is 29.2 Å². The number of hydrogen-bond donors (Lipinski definition) is 2. The number of hydrogen-bond acceptors (Lipinski definition) is 3. The zero-order chi connectivity index (χ0) is 19.2. The molecule has 5 heteroatoms. The predicted octanol–water partition coefficient (Wildman–Crippen LogP) is 2.98. The molecule has 2 N–H and O–H groups in total. The molecule has 1 heterocycles. The maximum atomic E-state index is 13.0. The molecule has 0 aliphatic carbocycles. The van der Waals surface area contributed by atoms with Crippen molar-refractivity contribution in [1.29, 1.82) is 0 Å². The molecule has 0 radical (unpaired) electrons. The van der Waals surface area contributed by atoms with Crippen LogP contribution in [0.25, 0.3) is 11.6 Å². The van der Waals surface area contributed by atoms with Crippen LogP contribution in [0.5, 0.6) is 0 Å². The number of anilines is 1. The molecule has 0 spiro atoms. The molecule has 140 valence electrons. The van der Waals surface area contributed by atoms with Crippen LogP contribution in [0.2, 0.25) is 0 Å². The first-order chi connectivity index (χ1) is 13.1. The summed E-state index contributed by atoms with van der Waals surface area (Å²) in [6.45, 7) is 2.61. The Hall–Kier alpha value is -2.92. The van der Waals surface area contributed by atoms with E-state index in [2.05, 4.69) is 17.5 Å². The van der Waals surface area contributed by atoms with Crippen molar-refractivity contribution in [2.45, 2.75) is 26.3 Å². The van der Waals surface area contributed by atoms with Crippen LogP contribution in [0.4, 0.5) is 5.69 Å². The lowest BCUT2D eigenvalue weighted by molar-refractivity contribution is -0.125. The van der Waals surface area contributed by atoms with Crippen LogP contribution in [0, 0.1) is 0 Å². The number of para-hydroxylation sites is 1. The number of amides is 2. The normalized spacial score (nSPS) is 14.9. The smallest absolute Gasteiger partial charge is 0.227 e. The van der Waals surface area contributed by atoms with Gasteiger partial charge in [-0.3, -0.25) is 9.59 Å². The van der Waals surface area contributed by atoms with E-state index in [1.54, 1.807) is 4.90 Å². The molecule has 0 fully saturated rings. The number of rotatable bonds is 5. The maximum absolute atomic E-state index is 13.0. The summed E-state index contributed by atoms with van der Waals surface area (Å²) in [6.07, 6.45) is 2.38. The van der Waals surface area contributed by atoms with E-state index < -0.39 is 0 Å². The number of allylic oxidation sites excluding steroid dienone is 1. The monoisotopic (exact) mass is 364 g/mol. The van der Waals surface area contributed by atoms with Crippen LogP contribution in [-0.2, 0) is 16.1 Å². The molecule has 0 saturated carbocycles. The fourth-order valence-electron chi connectivity index (χ4n) is 3.29. The summed E-state index contributed by atoms with van der Waals surface area (Å²) >= 11 is 0. The van der Waals surface area contributed by atoms with Gasteiger partial charge in [-0.05, 0) is 29.7 Å². The van der Waals surface area contributed by atoms with Crippen molar-refractivity contribution in [3.05, 3.63) is 65.2 Å². The molecule has 0 bridgehead atoms. The minimum Gasteiger partial charge on any atom is -0.395 e. The largest absolute Gasteiger partial charge is 0.395 e. The molecular weight excluding hydrogens is 340 g/mol. The summed E-state index contributed by atoms with van der Waals surface area (Å²) in [5.41, 5.74) is 5.15. The average Bonchev–Trinajstić information content (AvgIpc) is 2.68. The van der Waals surface area contributed by atoms with Gasteiger partial charge in [-0.2, -0.15) is 0 Å². The first kappa shape index (κ1) is 18.9. The molecule has 27 heavy (non-hydrogen) atoms. The highest BCUT2D eigenvalue weighted by Crippen LogP contribution is 2.33. The molecule has 2 aromatic carbocycles. The lowest BCUT2D eigenvalue weighted by atomic mass is 9.96. The van der Waals surface area contributed by atoms with Gasteiger partial charge in [0.15, 0.2) is 0 Å². The molecule has 1 aliphatic rings. The fraction of sp³-hybridized carbons (Fsp3) is 0.273. The third kappa shape index (κ3) is 4.44. The van der Waals surface area contributed by atoms with E-state index in [1.807, 2.05) is 49.4 Å². The second-order valence-electron chi connectivity index (χ2n) is 6.60. The number of aliphatic hydroxyl groups is 1. The topological polar surface area (TPSA) is 69.6 Å². The van der Waals surface area contributed by atoms with E-state index in [-0.39, 0.29) is 37.8 Å². The number of nitrogens with zero attached hydrogens (tertiary/aromatic N) is 1. The van der Waals surface area contributed by atoms with E-state index in [4.69, 9.17) is 5.11 Å². The van der Waals surface area contributed by atoms with Gasteiger partial charge in [0.25, 0.3) is 0 Å². The van der Waals surface area contributed by atoms with Crippen LogP contribution in [0.3, 0.4) is 0 Å². The summed E-state index contributed by atoms with van der Waals surface area (Å²) < 4.78 is 0. The molecule has 1 aliphatic heterocycles. The Bertz CT molecular complexity index is 873. The van der Waals surface area contributed by atoms with Gasteiger partial charge in [0.1, 0.15) is 0 Å². The van der Waals surface area contributed by atoms with Crippen molar-refractivity contribution < 1.29 is 14.7 Å². The van der Waals surface area contributed by atoms with Gasteiger partial charge < -0.3 is 15.3 Å². The summed E-state index contributed by atoms with van der Waals surface area (Å²) in [7, 11) is 0. The summed E-state index contributed by atoms with van der Waals surface area (Å²) in [6, 6.07) is 15.9. The third-order valence-corrected chi connectivity index (χ3v) is 4.68. The second kappa shape index (κ2) is 8.64. The molecule has 2 amide bonds. The number of fused-ring (bicyclic) bond motifs is 2. The standard InChI is InChI=1S/C22H24N2O3/c1-16-14-17-6-2-3-7-18(17)15-24(20-9-5-4-8-19(16)20)22(27)11-10-21(26)23-12-13-25/h2-9,14,25H,10-13,15H2,1H3,(H,23,26)/b16-14-. The summed E-state index contributed by atoms with van der Waals surface area (Å²) in [4.78, 5) is 26.6. The van der Waals surface area contributed by atoms with Crippen LogP contribution < -0.4 is 10.2 Å². The first-order valence-corrected chi connectivity index (χ1v) is 9.13. The average molecular weight is 364 g/mol. The highest BCUT2D eigenvalue weighted by atomic mass is 16.3. The van der Waals surface area contributed by atoms with Gasteiger partial charge in [0, 0.05) is 24.9 Å². The minimum atomic E-state index is -0.228. The van der Waals surface area contributed by atoms with Crippen LogP contribution in [0.1, 0.15) is 36.5 Å². The zero-order valence-corrected chi connectivity index (χ0v) is 15.4. The van der Waals surface area contributed by atoms with Crippen molar-refractivity contribution in [1.82, 2.24) is 5.32 Å². The number of aliphatic hydroxyl groups excluding tert-OH is 1.